The highest BCUT2D eigenvalue weighted by Gasteiger charge is 2.23. The van der Waals surface area contributed by atoms with Gasteiger partial charge in [-0.2, -0.15) is 5.10 Å². The van der Waals surface area contributed by atoms with E-state index in [4.69, 9.17) is 10.5 Å². The molecule has 1 atom stereocenters. The minimum absolute atomic E-state index is 0.0641. The normalized spacial score (nSPS) is 15.8. The maximum atomic E-state index is 12.5. The number of primary amides is 1. The molecule has 0 spiro atoms. The van der Waals surface area contributed by atoms with Gasteiger partial charge in [-0.05, 0) is 74.0 Å². The number of nitrogens with two attached hydrogens (primary N) is 1. The lowest BCUT2D eigenvalue weighted by molar-refractivity contribution is -0.123. The molecular formula is C28H30N6O3. The molecule has 37 heavy (non-hydrogen) atoms. The number of amides is 3. The third-order valence-electron chi connectivity index (χ3n) is 6.45. The monoisotopic (exact) mass is 498 g/mol. The molecule has 9 nitrogen and oxygen atoms in total. The lowest BCUT2D eigenvalue weighted by atomic mass is 9.97. The Morgan fingerprint density at radius 2 is 1.68 bits per heavy atom. The first-order valence-corrected chi connectivity index (χ1v) is 12.4. The molecule has 0 saturated carbocycles. The average molecular weight is 499 g/mol. The summed E-state index contributed by atoms with van der Waals surface area (Å²) >= 11 is 0. The van der Waals surface area contributed by atoms with Crippen LogP contribution in [0.2, 0.25) is 0 Å². The summed E-state index contributed by atoms with van der Waals surface area (Å²) in [7, 11) is 0. The molecule has 2 heterocycles. The molecule has 1 aliphatic rings. The number of ether oxygens (including phenoxy) is 1. The van der Waals surface area contributed by atoms with Gasteiger partial charge in [0.25, 0.3) is 0 Å². The molecule has 0 radical (unpaired) electrons. The van der Waals surface area contributed by atoms with Crippen LogP contribution in [0.3, 0.4) is 0 Å². The maximum absolute atomic E-state index is 12.5. The summed E-state index contributed by atoms with van der Waals surface area (Å²) in [6.07, 6.45) is 3.83. The second kappa shape index (κ2) is 11.1. The third-order valence-corrected chi connectivity index (χ3v) is 6.45. The van der Waals surface area contributed by atoms with E-state index in [1.54, 1.807) is 24.3 Å². The van der Waals surface area contributed by atoms with E-state index in [-0.39, 0.29) is 17.9 Å². The van der Waals surface area contributed by atoms with E-state index in [1.807, 2.05) is 59.4 Å². The summed E-state index contributed by atoms with van der Waals surface area (Å²) in [6.45, 7) is 3.20. The van der Waals surface area contributed by atoms with Crippen molar-refractivity contribution in [3.05, 3.63) is 79.0 Å². The predicted molar refractivity (Wildman–Crippen MR) is 144 cm³/mol. The molecule has 4 N–H and O–H groups in total. The molecular weight excluding hydrogens is 468 g/mol. The van der Waals surface area contributed by atoms with E-state index in [9.17, 15) is 9.59 Å². The number of para-hydroxylation sites is 1. The van der Waals surface area contributed by atoms with Gasteiger partial charge in [0.1, 0.15) is 11.5 Å². The van der Waals surface area contributed by atoms with Crippen LogP contribution in [-0.2, 0) is 11.3 Å². The van der Waals surface area contributed by atoms with Crippen LogP contribution in [0.15, 0.2) is 79.0 Å². The van der Waals surface area contributed by atoms with Gasteiger partial charge in [-0.15, -0.1) is 0 Å². The van der Waals surface area contributed by atoms with Crippen LogP contribution in [0.1, 0.15) is 12.8 Å². The molecule has 5 rings (SSSR count). The van der Waals surface area contributed by atoms with Crippen molar-refractivity contribution in [2.45, 2.75) is 19.4 Å². The van der Waals surface area contributed by atoms with E-state index in [0.29, 0.717) is 30.2 Å². The Kier molecular flexibility index (Phi) is 7.32. The number of anilines is 2. The van der Waals surface area contributed by atoms with E-state index in [2.05, 4.69) is 20.6 Å². The zero-order valence-electron chi connectivity index (χ0n) is 20.5. The molecule has 1 saturated heterocycles. The Morgan fingerprint density at radius 3 is 2.46 bits per heavy atom. The van der Waals surface area contributed by atoms with Crippen molar-refractivity contribution in [2.75, 3.05) is 30.3 Å². The number of nitrogens with zero attached hydrogens (tertiary/aromatic N) is 3. The van der Waals surface area contributed by atoms with Crippen LogP contribution in [0, 0.1) is 5.92 Å². The Bertz CT molecular complexity index is 1370. The van der Waals surface area contributed by atoms with Gasteiger partial charge in [0, 0.05) is 36.0 Å². The predicted octanol–water partition coefficient (Wildman–Crippen LogP) is 4.67. The quantitative estimate of drug-likeness (QED) is 0.327. The van der Waals surface area contributed by atoms with Crippen LogP contribution in [0.4, 0.5) is 16.2 Å². The van der Waals surface area contributed by atoms with Crippen LogP contribution in [0.5, 0.6) is 11.5 Å². The number of urea groups is 1. The summed E-state index contributed by atoms with van der Waals surface area (Å²) in [5.74, 6) is 1.16. The van der Waals surface area contributed by atoms with Crippen LogP contribution in [0.25, 0.3) is 10.9 Å². The van der Waals surface area contributed by atoms with Gasteiger partial charge in [-0.1, -0.05) is 18.2 Å². The van der Waals surface area contributed by atoms with Crippen molar-refractivity contribution in [3.8, 4) is 11.5 Å². The second-order valence-corrected chi connectivity index (χ2v) is 9.23. The molecule has 1 unspecified atom stereocenters. The van der Waals surface area contributed by atoms with Gasteiger partial charge in [-0.25, -0.2) is 4.79 Å². The van der Waals surface area contributed by atoms with Gasteiger partial charge in [0.2, 0.25) is 5.91 Å². The number of piperidine rings is 1. The zero-order valence-corrected chi connectivity index (χ0v) is 20.5. The molecule has 1 aliphatic heterocycles. The van der Waals surface area contributed by atoms with Crippen molar-refractivity contribution < 1.29 is 14.3 Å². The summed E-state index contributed by atoms with van der Waals surface area (Å²) in [6, 6.07) is 22.0. The fourth-order valence-corrected chi connectivity index (χ4v) is 4.53. The lowest BCUT2D eigenvalue weighted by Crippen LogP contribution is -2.42. The SMILES string of the molecule is NC(=O)C1CCCN(CCn2cc3cc(NC(=O)Nc4ccc(Oc5ccccc5)cc4)ccc3n2)C1. The number of likely N-dealkylation sites (tertiary alicyclic amines) is 1. The highest BCUT2D eigenvalue weighted by Crippen LogP contribution is 2.23. The van der Waals surface area contributed by atoms with Crippen molar-refractivity contribution in [3.63, 3.8) is 0 Å². The van der Waals surface area contributed by atoms with E-state index < -0.39 is 0 Å². The highest BCUT2D eigenvalue weighted by molar-refractivity contribution is 6.00. The highest BCUT2D eigenvalue weighted by atomic mass is 16.5. The number of nitrogens with one attached hydrogen (secondary N) is 2. The Morgan fingerprint density at radius 1 is 0.946 bits per heavy atom. The number of carbonyl (C=O) groups excluding carboxylic acids is 2. The average Bonchev–Trinajstić information content (AvgIpc) is 3.31. The molecule has 190 valence electrons. The molecule has 0 aliphatic carbocycles. The van der Waals surface area contributed by atoms with Gasteiger partial charge < -0.3 is 26.0 Å². The number of benzene rings is 3. The first-order chi connectivity index (χ1) is 18.0. The first kappa shape index (κ1) is 24.3. The van der Waals surface area contributed by atoms with Crippen molar-refractivity contribution in [1.29, 1.82) is 0 Å². The summed E-state index contributed by atoms with van der Waals surface area (Å²) < 4.78 is 7.69. The zero-order chi connectivity index (χ0) is 25.6. The van der Waals surface area contributed by atoms with Gasteiger partial charge in [0.05, 0.1) is 18.0 Å². The Labute approximate surface area is 215 Å². The minimum atomic E-state index is -0.336. The van der Waals surface area contributed by atoms with Crippen LogP contribution < -0.4 is 21.1 Å². The fourth-order valence-electron chi connectivity index (χ4n) is 4.53. The molecule has 0 bridgehead atoms. The summed E-state index contributed by atoms with van der Waals surface area (Å²) in [5, 5.41) is 11.3. The van der Waals surface area contributed by atoms with Crippen LogP contribution >= 0.6 is 0 Å². The van der Waals surface area contributed by atoms with Gasteiger partial charge in [-0.3, -0.25) is 9.48 Å². The third kappa shape index (κ3) is 6.45. The summed E-state index contributed by atoms with van der Waals surface area (Å²) in [4.78, 5) is 26.3. The molecule has 1 aromatic heterocycles. The number of rotatable bonds is 8. The second-order valence-electron chi connectivity index (χ2n) is 9.23. The number of aromatic nitrogens is 2. The summed E-state index contributed by atoms with van der Waals surface area (Å²) in [5.41, 5.74) is 7.67. The largest absolute Gasteiger partial charge is 0.457 e. The molecule has 4 aromatic rings. The number of hydrogen-bond donors (Lipinski definition) is 3. The van der Waals surface area contributed by atoms with Crippen LogP contribution in [-0.4, -0.2) is 46.3 Å². The van der Waals surface area contributed by atoms with E-state index >= 15 is 0 Å². The van der Waals surface area contributed by atoms with Crippen molar-refractivity contribution in [1.82, 2.24) is 14.7 Å². The minimum Gasteiger partial charge on any atom is -0.457 e. The smallest absolute Gasteiger partial charge is 0.323 e. The number of hydrogen-bond acceptors (Lipinski definition) is 5. The van der Waals surface area contributed by atoms with Gasteiger partial charge in [0.15, 0.2) is 0 Å². The van der Waals surface area contributed by atoms with E-state index in [1.165, 1.54) is 0 Å². The molecule has 1 fully saturated rings. The molecule has 3 amide bonds. The number of fused-ring (bicyclic) bond motifs is 1. The standard InChI is InChI=1S/C28H30N6O3/c29-27(35)20-5-4-14-33(18-20)15-16-34-19-21-17-23(10-13-26(21)32-34)31-28(36)30-22-8-11-25(12-9-22)37-24-6-2-1-3-7-24/h1-3,6-13,17,19-20H,4-5,14-16,18H2,(H2,29,35)(H2,30,31,36). The van der Waals surface area contributed by atoms with Crippen molar-refractivity contribution in [2.24, 2.45) is 11.7 Å². The molecule has 3 aromatic carbocycles. The lowest BCUT2D eigenvalue weighted by Gasteiger charge is -2.30. The van der Waals surface area contributed by atoms with E-state index in [0.717, 1.165) is 42.6 Å². The van der Waals surface area contributed by atoms with Gasteiger partial charge >= 0.3 is 6.03 Å². The van der Waals surface area contributed by atoms with Crippen molar-refractivity contribution >= 4 is 34.2 Å². The Hall–Kier alpha value is -4.37. The first-order valence-electron chi connectivity index (χ1n) is 12.4. The topological polar surface area (TPSA) is 115 Å². The fraction of sp³-hybridized carbons (Fsp3) is 0.250. The molecule has 9 heteroatoms. The number of carbonyl (C=O) groups is 2. The Balaban J connectivity index is 1.14. The maximum Gasteiger partial charge on any atom is 0.323 e.